The van der Waals surface area contributed by atoms with Crippen LogP contribution in [-0.4, -0.2) is 32.9 Å². The first-order chi connectivity index (χ1) is 8.76. The van der Waals surface area contributed by atoms with Crippen molar-refractivity contribution in [1.29, 1.82) is 0 Å². The Labute approximate surface area is 110 Å². The lowest BCUT2D eigenvalue weighted by Gasteiger charge is -2.12. The zero-order chi connectivity index (χ0) is 13.2. The SMILES string of the molecule is CCNCCc1ccc(COC(C)COC)cc1. The van der Waals surface area contributed by atoms with E-state index in [0.717, 1.165) is 19.5 Å². The molecule has 1 N–H and O–H groups in total. The van der Waals surface area contributed by atoms with Crippen molar-refractivity contribution < 1.29 is 9.47 Å². The Morgan fingerprint density at radius 3 is 2.44 bits per heavy atom. The van der Waals surface area contributed by atoms with E-state index < -0.39 is 0 Å². The Kier molecular flexibility index (Phi) is 7.65. The second-order valence-corrected chi connectivity index (χ2v) is 4.50. The van der Waals surface area contributed by atoms with Crippen molar-refractivity contribution in [2.75, 3.05) is 26.8 Å². The monoisotopic (exact) mass is 251 g/mol. The third-order valence-electron chi connectivity index (χ3n) is 2.80. The minimum atomic E-state index is 0.142. The van der Waals surface area contributed by atoms with Gasteiger partial charge in [0.15, 0.2) is 0 Å². The summed E-state index contributed by atoms with van der Waals surface area (Å²) in [7, 11) is 1.69. The highest BCUT2D eigenvalue weighted by molar-refractivity contribution is 5.22. The van der Waals surface area contributed by atoms with Crippen LogP contribution in [0, 0.1) is 0 Å². The number of hydrogen-bond acceptors (Lipinski definition) is 3. The lowest BCUT2D eigenvalue weighted by atomic mass is 10.1. The van der Waals surface area contributed by atoms with Gasteiger partial charge in [0.05, 0.1) is 19.3 Å². The van der Waals surface area contributed by atoms with Gasteiger partial charge in [-0.3, -0.25) is 0 Å². The van der Waals surface area contributed by atoms with Gasteiger partial charge in [-0.1, -0.05) is 31.2 Å². The van der Waals surface area contributed by atoms with E-state index in [2.05, 4.69) is 36.5 Å². The van der Waals surface area contributed by atoms with Gasteiger partial charge in [-0.15, -0.1) is 0 Å². The summed E-state index contributed by atoms with van der Waals surface area (Å²) in [6.45, 7) is 7.51. The third kappa shape index (κ3) is 6.15. The molecule has 0 saturated carbocycles. The van der Waals surface area contributed by atoms with Crippen LogP contribution in [0.25, 0.3) is 0 Å². The predicted octanol–water partition coefficient (Wildman–Crippen LogP) is 2.39. The number of rotatable bonds is 9. The molecule has 18 heavy (non-hydrogen) atoms. The van der Waals surface area contributed by atoms with Gasteiger partial charge in [0.25, 0.3) is 0 Å². The summed E-state index contributed by atoms with van der Waals surface area (Å²) >= 11 is 0. The fourth-order valence-corrected chi connectivity index (χ4v) is 1.73. The molecular formula is C15H25NO2. The van der Waals surface area contributed by atoms with Gasteiger partial charge in [0, 0.05) is 7.11 Å². The van der Waals surface area contributed by atoms with Crippen LogP contribution >= 0.6 is 0 Å². The van der Waals surface area contributed by atoms with Crippen molar-refractivity contribution in [2.45, 2.75) is 33.0 Å². The zero-order valence-corrected chi connectivity index (χ0v) is 11.7. The zero-order valence-electron chi connectivity index (χ0n) is 11.7. The number of ether oxygens (including phenoxy) is 2. The second kappa shape index (κ2) is 9.09. The molecule has 0 aliphatic heterocycles. The summed E-state index contributed by atoms with van der Waals surface area (Å²) in [5.41, 5.74) is 2.58. The summed E-state index contributed by atoms with van der Waals surface area (Å²) in [6.07, 6.45) is 1.22. The third-order valence-corrected chi connectivity index (χ3v) is 2.80. The first-order valence-corrected chi connectivity index (χ1v) is 6.65. The molecule has 0 amide bonds. The molecule has 1 unspecified atom stereocenters. The standard InChI is InChI=1S/C15H25NO2/c1-4-16-10-9-14-5-7-15(8-6-14)12-18-13(2)11-17-3/h5-8,13,16H,4,9-12H2,1-3H3. The number of likely N-dealkylation sites (N-methyl/N-ethyl adjacent to an activating group) is 1. The minimum absolute atomic E-state index is 0.142. The van der Waals surface area contributed by atoms with Crippen molar-refractivity contribution >= 4 is 0 Å². The maximum Gasteiger partial charge on any atom is 0.0784 e. The van der Waals surface area contributed by atoms with E-state index in [4.69, 9.17) is 9.47 Å². The van der Waals surface area contributed by atoms with Gasteiger partial charge >= 0.3 is 0 Å². The number of nitrogens with one attached hydrogen (secondary N) is 1. The molecule has 0 aromatic heterocycles. The molecular weight excluding hydrogens is 226 g/mol. The molecule has 0 aliphatic rings. The normalized spacial score (nSPS) is 12.6. The van der Waals surface area contributed by atoms with Crippen molar-refractivity contribution in [2.24, 2.45) is 0 Å². The molecule has 0 heterocycles. The van der Waals surface area contributed by atoms with Gasteiger partial charge in [-0.05, 0) is 37.6 Å². The molecule has 3 nitrogen and oxygen atoms in total. The highest BCUT2D eigenvalue weighted by atomic mass is 16.5. The molecule has 1 aromatic carbocycles. The van der Waals surface area contributed by atoms with Crippen LogP contribution in [-0.2, 0) is 22.5 Å². The number of benzene rings is 1. The summed E-state index contributed by atoms with van der Waals surface area (Å²) in [6, 6.07) is 8.63. The van der Waals surface area contributed by atoms with Gasteiger partial charge < -0.3 is 14.8 Å². The van der Waals surface area contributed by atoms with Crippen LogP contribution in [0.3, 0.4) is 0 Å². The van der Waals surface area contributed by atoms with Crippen LogP contribution in [0.2, 0.25) is 0 Å². The summed E-state index contributed by atoms with van der Waals surface area (Å²) < 4.78 is 10.7. The maximum absolute atomic E-state index is 5.67. The molecule has 0 fully saturated rings. The Bertz CT molecular complexity index is 311. The summed E-state index contributed by atoms with van der Waals surface area (Å²) in [4.78, 5) is 0. The number of methoxy groups -OCH3 is 1. The Balaban J connectivity index is 2.31. The van der Waals surface area contributed by atoms with E-state index in [1.807, 2.05) is 6.92 Å². The van der Waals surface area contributed by atoms with Gasteiger partial charge in [0.1, 0.15) is 0 Å². The molecule has 1 atom stereocenters. The average Bonchev–Trinajstić information content (AvgIpc) is 2.38. The highest BCUT2D eigenvalue weighted by Gasteiger charge is 2.01. The van der Waals surface area contributed by atoms with E-state index >= 15 is 0 Å². The first kappa shape index (κ1) is 15.2. The minimum Gasteiger partial charge on any atom is -0.382 e. The highest BCUT2D eigenvalue weighted by Crippen LogP contribution is 2.07. The van der Waals surface area contributed by atoms with Crippen LogP contribution in [0.1, 0.15) is 25.0 Å². The van der Waals surface area contributed by atoms with Crippen LogP contribution in [0.5, 0.6) is 0 Å². The topological polar surface area (TPSA) is 30.5 Å². The van der Waals surface area contributed by atoms with Crippen molar-refractivity contribution in [3.8, 4) is 0 Å². The second-order valence-electron chi connectivity index (χ2n) is 4.50. The molecule has 1 rings (SSSR count). The molecule has 0 saturated heterocycles. The molecule has 102 valence electrons. The lowest BCUT2D eigenvalue weighted by Crippen LogP contribution is -2.16. The Morgan fingerprint density at radius 1 is 1.17 bits per heavy atom. The molecule has 0 radical (unpaired) electrons. The molecule has 0 aliphatic carbocycles. The van der Waals surface area contributed by atoms with Gasteiger partial charge in [-0.25, -0.2) is 0 Å². The van der Waals surface area contributed by atoms with Crippen LogP contribution < -0.4 is 5.32 Å². The summed E-state index contributed by atoms with van der Waals surface area (Å²) in [5, 5.41) is 3.33. The van der Waals surface area contributed by atoms with E-state index in [0.29, 0.717) is 13.2 Å². The fourth-order valence-electron chi connectivity index (χ4n) is 1.73. The molecule has 0 spiro atoms. The largest absolute Gasteiger partial charge is 0.382 e. The fraction of sp³-hybridized carbons (Fsp3) is 0.600. The maximum atomic E-state index is 5.67. The van der Waals surface area contributed by atoms with Gasteiger partial charge in [0.2, 0.25) is 0 Å². The van der Waals surface area contributed by atoms with Gasteiger partial charge in [-0.2, -0.15) is 0 Å². The lowest BCUT2D eigenvalue weighted by molar-refractivity contribution is -0.000128. The van der Waals surface area contributed by atoms with E-state index in [1.165, 1.54) is 11.1 Å². The van der Waals surface area contributed by atoms with Crippen LogP contribution in [0.4, 0.5) is 0 Å². The van der Waals surface area contributed by atoms with Crippen molar-refractivity contribution in [3.05, 3.63) is 35.4 Å². The smallest absolute Gasteiger partial charge is 0.0784 e. The Morgan fingerprint density at radius 2 is 1.83 bits per heavy atom. The quantitative estimate of drug-likeness (QED) is 0.684. The van der Waals surface area contributed by atoms with E-state index in [9.17, 15) is 0 Å². The van der Waals surface area contributed by atoms with Crippen LogP contribution in [0.15, 0.2) is 24.3 Å². The average molecular weight is 251 g/mol. The van der Waals surface area contributed by atoms with E-state index in [1.54, 1.807) is 7.11 Å². The molecule has 3 heteroatoms. The van der Waals surface area contributed by atoms with Crippen molar-refractivity contribution in [3.63, 3.8) is 0 Å². The molecule has 1 aromatic rings. The predicted molar refractivity (Wildman–Crippen MR) is 74.8 cm³/mol. The van der Waals surface area contributed by atoms with E-state index in [-0.39, 0.29) is 6.10 Å². The molecule has 0 bridgehead atoms. The summed E-state index contributed by atoms with van der Waals surface area (Å²) in [5.74, 6) is 0. The first-order valence-electron chi connectivity index (χ1n) is 6.65. The Hall–Kier alpha value is -0.900. The number of hydrogen-bond donors (Lipinski definition) is 1. The van der Waals surface area contributed by atoms with Crippen molar-refractivity contribution in [1.82, 2.24) is 5.32 Å².